The summed E-state index contributed by atoms with van der Waals surface area (Å²) >= 11 is 3.36. The molecule has 1 aromatic carbocycles. The monoisotopic (exact) mass is 331 g/mol. The Balaban J connectivity index is 2.34. The van der Waals surface area contributed by atoms with E-state index in [1.807, 2.05) is 13.0 Å². The molecule has 5 heteroatoms. The van der Waals surface area contributed by atoms with Crippen molar-refractivity contribution in [3.8, 4) is 0 Å². The second-order valence-electron chi connectivity index (χ2n) is 4.78. The van der Waals surface area contributed by atoms with Crippen LogP contribution in [-0.2, 0) is 10.0 Å². The summed E-state index contributed by atoms with van der Waals surface area (Å²) in [6.07, 6.45) is 4.19. The molecule has 0 amide bonds. The first kappa shape index (κ1) is 14.0. The van der Waals surface area contributed by atoms with Crippen molar-refractivity contribution in [1.29, 1.82) is 0 Å². The van der Waals surface area contributed by atoms with Gasteiger partial charge in [-0.05, 0) is 43.5 Å². The molecule has 2 rings (SSSR count). The summed E-state index contributed by atoms with van der Waals surface area (Å²) in [7, 11) is -3.33. The van der Waals surface area contributed by atoms with Gasteiger partial charge in [-0.2, -0.15) is 4.31 Å². The third-order valence-corrected chi connectivity index (χ3v) is 5.55. The van der Waals surface area contributed by atoms with Crippen LogP contribution in [0.4, 0.5) is 0 Å². The van der Waals surface area contributed by atoms with Crippen LogP contribution in [0.5, 0.6) is 0 Å². The first-order valence-electron chi connectivity index (χ1n) is 6.27. The van der Waals surface area contributed by atoms with Crippen LogP contribution in [0.1, 0.15) is 31.2 Å². The van der Waals surface area contributed by atoms with Gasteiger partial charge in [0, 0.05) is 17.6 Å². The highest BCUT2D eigenvalue weighted by Gasteiger charge is 2.25. The van der Waals surface area contributed by atoms with Gasteiger partial charge in [-0.15, -0.1) is 0 Å². The number of rotatable bonds is 2. The number of halogens is 1. The van der Waals surface area contributed by atoms with Crippen molar-refractivity contribution in [3.63, 3.8) is 0 Å². The molecule has 1 aliphatic heterocycles. The minimum atomic E-state index is -3.33. The zero-order valence-corrected chi connectivity index (χ0v) is 12.9. The third kappa shape index (κ3) is 3.13. The van der Waals surface area contributed by atoms with Gasteiger partial charge >= 0.3 is 0 Å². The molecule has 0 aliphatic carbocycles. The Hall–Kier alpha value is -0.390. The molecule has 1 aromatic rings. The van der Waals surface area contributed by atoms with Gasteiger partial charge in [0.1, 0.15) is 0 Å². The Bertz CT molecular complexity index is 500. The summed E-state index contributed by atoms with van der Waals surface area (Å²) < 4.78 is 27.5. The Morgan fingerprint density at radius 2 is 1.67 bits per heavy atom. The number of sulfonamides is 1. The predicted octanol–water partition coefficient (Wildman–Crippen LogP) is 3.32. The SMILES string of the molecule is Cc1cc(Br)cc(S(=O)(=O)N2CCCCCC2)c1. The fourth-order valence-electron chi connectivity index (χ4n) is 2.28. The summed E-state index contributed by atoms with van der Waals surface area (Å²) in [5.74, 6) is 0. The van der Waals surface area contributed by atoms with Crippen LogP contribution in [0.2, 0.25) is 0 Å². The first-order valence-corrected chi connectivity index (χ1v) is 8.51. The summed E-state index contributed by atoms with van der Waals surface area (Å²) in [5, 5.41) is 0. The lowest BCUT2D eigenvalue weighted by atomic mass is 10.2. The second kappa shape index (κ2) is 5.72. The van der Waals surface area contributed by atoms with Gasteiger partial charge < -0.3 is 0 Å². The van der Waals surface area contributed by atoms with Crippen LogP contribution in [-0.4, -0.2) is 25.8 Å². The van der Waals surface area contributed by atoms with Gasteiger partial charge in [-0.25, -0.2) is 8.42 Å². The van der Waals surface area contributed by atoms with Crippen molar-refractivity contribution in [2.24, 2.45) is 0 Å². The second-order valence-corrected chi connectivity index (χ2v) is 7.64. The number of hydrogen-bond donors (Lipinski definition) is 0. The molecule has 0 radical (unpaired) electrons. The van der Waals surface area contributed by atoms with Crippen molar-refractivity contribution in [2.45, 2.75) is 37.5 Å². The molecule has 0 N–H and O–H groups in total. The number of benzene rings is 1. The lowest BCUT2D eigenvalue weighted by Gasteiger charge is -2.20. The van der Waals surface area contributed by atoms with E-state index in [9.17, 15) is 8.42 Å². The molecular formula is C13H18BrNO2S. The van der Waals surface area contributed by atoms with Crippen molar-refractivity contribution in [3.05, 3.63) is 28.2 Å². The summed E-state index contributed by atoms with van der Waals surface area (Å²) in [4.78, 5) is 0.399. The smallest absolute Gasteiger partial charge is 0.207 e. The molecule has 0 saturated carbocycles. The topological polar surface area (TPSA) is 37.4 Å². The molecular weight excluding hydrogens is 314 g/mol. The zero-order valence-electron chi connectivity index (χ0n) is 10.5. The van der Waals surface area contributed by atoms with Gasteiger partial charge in [0.05, 0.1) is 4.90 Å². The van der Waals surface area contributed by atoms with Crippen molar-refractivity contribution < 1.29 is 8.42 Å². The molecule has 0 aromatic heterocycles. The molecule has 0 bridgehead atoms. The highest BCUT2D eigenvalue weighted by molar-refractivity contribution is 9.10. The highest BCUT2D eigenvalue weighted by atomic mass is 79.9. The van der Waals surface area contributed by atoms with Crippen LogP contribution in [0.3, 0.4) is 0 Å². The van der Waals surface area contributed by atoms with Crippen LogP contribution in [0.25, 0.3) is 0 Å². The highest BCUT2D eigenvalue weighted by Crippen LogP contribution is 2.24. The lowest BCUT2D eigenvalue weighted by Crippen LogP contribution is -2.31. The number of nitrogens with zero attached hydrogens (tertiary/aromatic N) is 1. The van der Waals surface area contributed by atoms with Gasteiger partial charge in [-0.1, -0.05) is 28.8 Å². The normalized spacial score (nSPS) is 18.6. The molecule has 1 aliphatic rings. The Kier molecular flexibility index (Phi) is 4.45. The average Bonchev–Trinajstić information content (AvgIpc) is 2.56. The Morgan fingerprint density at radius 1 is 1.06 bits per heavy atom. The summed E-state index contributed by atoms with van der Waals surface area (Å²) in [6, 6.07) is 5.35. The van der Waals surface area contributed by atoms with Crippen LogP contribution < -0.4 is 0 Å². The minimum Gasteiger partial charge on any atom is -0.207 e. The van der Waals surface area contributed by atoms with Crippen LogP contribution in [0.15, 0.2) is 27.6 Å². The molecule has 1 fully saturated rings. The van der Waals surface area contributed by atoms with E-state index < -0.39 is 10.0 Å². The number of hydrogen-bond acceptors (Lipinski definition) is 2. The molecule has 0 atom stereocenters. The standard InChI is InChI=1S/C13H18BrNO2S/c1-11-8-12(14)10-13(9-11)18(16,17)15-6-4-2-3-5-7-15/h8-10H,2-7H2,1H3. The summed E-state index contributed by atoms with van der Waals surface area (Å²) in [5.41, 5.74) is 0.956. The van der Waals surface area contributed by atoms with E-state index in [1.165, 1.54) is 0 Å². The van der Waals surface area contributed by atoms with Crippen molar-refractivity contribution in [2.75, 3.05) is 13.1 Å². The van der Waals surface area contributed by atoms with E-state index >= 15 is 0 Å². The quantitative estimate of drug-likeness (QED) is 0.833. The van der Waals surface area contributed by atoms with Gasteiger partial charge in [0.25, 0.3) is 0 Å². The minimum absolute atomic E-state index is 0.399. The van der Waals surface area contributed by atoms with E-state index in [0.29, 0.717) is 18.0 Å². The molecule has 1 heterocycles. The Labute approximate surface area is 117 Å². The molecule has 3 nitrogen and oxygen atoms in total. The molecule has 18 heavy (non-hydrogen) atoms. The van der Waals surface area contributed by atoms with Crippen molar-refractivity contribution in [1.82, 2.24) is 4.31 Å². The average molecular weight is 332 g/mol. The van der Waals surface area contributed by atoms with Crippen LogP contribution >= 0.6 is 15.9 Å². The molecule has 0 spiro atoms. The maximum absolute atomic E-state index is 12.5. The van der Waals surface area contributed by atoms with Gasteiger partial charge in [0.2, 0.25) is 10.0 Å². The summed E-state index contributed by atoms with van der Waals surface area (Å²) in [6.45, 7) is 3.20. The van der Waals surface area contributed by atoms with E-state index in [2.05, 4.69) is 15.9 Å². The van der Waals surface area contributed by atoms with Gasteiger partial charge in [-0.3, -0.25) is 0 Å². The van der Waals surface area contributed by atoms with Crippen LogP contribution in [0, 0.1) is 6.92 Å². The van der Waals surface area contributed by atoms with E-state index in [-0.39, 0.29) is 0 Å². The zero-order chi connectivity index (χ0) is 13.2. The van der Waals surface area contributed by atoms with E-state index in [0.717, 1.165) is 35.7 Å². The maximum Gasteiger partial charge on any atom is 0.243 e. The van der Waals surface area contributed by atoms with E-state index in [4.69, 9.17) is 0 Å². The first-order chi connectivity index (χ1) is 8.50. The largest absolute Gasteiger partial charge is 0.243 e. The van der Waals surface area contributed by atoms with E-state index in [1.54, 1.807) is 16.4 Å². The fraction of sp³-hybridized carbons (Fsp3) is 0.538. The third-order valence-electron chi connectivity index (χ3n) is 3.22. The molecule has 100 valence electrons. The predicted molar refractivity (Wildman–Crippen MR) is 76.1 cm³/mol. The molecule has 1 saturated heterocycles. The number of aryl methyl sites for hydroxylation is 1. The fourth-order valence-corrected chi connectivity index (χ4v) is 4.69. The van der Waals surface area contributed by atoms with Crippen molar-refractivity contribution >= 4 is 26.0 Å². The molecule has 0 unspecified atom stereocenters. The maximum atomic E-state index is 12.5. The lowest BCUT2D eigenvalue weighted by molar-refractivity contribution is 0.423. The Morgan fingerprint density at radius 3 is 2.22 bits per heavy atom. The van der Waals surface area contributed by atoms with Gasteiger partial charge in [0.15, 0.2) is 0 Å².